The zero-order valence-electron chi connectivity index (χ0n) is 69.2. The third-order valence-corrected chi connectivity index (χ3v) is 17.6. The molecule has 0 fully saturated rings. The summed E-state index contributed by atoms with van der Waals surface area (Å²) in [5, 5.41) is 96.6. The van der Waals surface area contributed by atoms with Crippen LogP contribution in [-0.4, -0.2) is 81.8 Å². The second kappa shape index (κ2) is 44.2. The molecule has 0 saturated carbocycles. The van der Waals surface area contributed by atoms with Gasteiger partial charge in [-0.3, -0.25) is 0 Å². The van der Waals surface area contributed by atoms with Gasteiger partial charge in [-0.1, -0.05) is 198 Å². The van der Waals surface area contributed by atoms with Crippen LogP contribution < -0.4 is 28.4 Å². The number of aromatic hydroxyl groups is 9. The molecule has 0 aromatic heterocycles. The summed E-state index contributed by atoms with van der Waals surface area (Å²) >= 11 is 0. The van der Waals surface area contributed by atoms with Crippen molar-refractivity contribution >= 4 is 123 Å². The number of rotatable bonds is 14. The first-order chi connectivity index (χ1) is 59.5. The number of phenolic OH excluding ortho intramolecular Hbond substituents is 9. The van der Waals surface area contributed by atoms with Gasteiger partial charge < -0.3 is 74.4 Å². The molecule has 0 unspecified atom stereocenters. The molecule has 15 aromatic rings. The molecule has 21 heteroatoms. The van der Waals surface area contributed by atoms with Gasteiger partial charge in [0.25, 0.3) is 0 Å². The van der Waals surface area contributed by atoms with Crippen LogP contribution in [0.4, 0.5) is 0 Å². The standard InChI is InChI=1S/C14H12O4.4C14H12O3.2C12H10O.C10H10O3/c1-8(2)14(17)18-12-5-3-4-10-9(12)6-7-11(15)13(10)16;1-9(2)14(16)17-13-6-4-10-7-12(15)5-3-11(10)8-13;1-9(2)14(16)17-13-6-4-10-3-5-12(15)7-11(10)8-13;1-9(2)14(16)17-12-8-4-6-10-5-3-7-11(15)13(10)12;1-9(2)14(16)17-11-7-6-10-4-3-5-13(15)12(10)8-11;1-2-9-5-3-7-11-10(9)6-4-8-12(11)13;1-2-9-3-4-11-8-12(13)6-5-10(11)7-9;1-7(2)10(12)13-9-5-3-4-8(11)6-9/h3-7,15-16H,1H2,2H3;4*3-8,15H,1H2,2H3;2*2-8,13H,1H2;3-6,11H,1H2,2H3. The van der Waals surface area contributed by atoms with Crippen LogP contribution in [0.3, 0.4) is 0 Å². The van der Waals surface area contributed by atoms with Crippen molar-refractivity contribution in [2.24, 2.45) is 0 Å². The van der Waals surface area contributed by atoms with E-state index in [2.05, 4.69) is 52.6 Å². The summed E-state index contributed by atoms with van der Waals surface area (Å²) in [6.07, 6.45) is 3.61. The molecule has 0 atom stereocenters. The van der Waals surface area contributed by atoms with Crippen molar-refractivity contribution in [1.82, 2.24) is 0 Å². The van der Waals surface area contributed by atoms with Gasteiger partial charge in [0.1, 0.15) is 74.7 Å². The van der Waals surface area contributed by atoms with Crippen LogP contribution in [0.15, 0.2) is 359 Å². The highest BCUT2D eigenvalue weighted by Gasteiger charge is 2.16. The zero-order chi connectivity index (χ0) is 91.3. The van der Waals surface area contributed by atoms with E-state index in [0.29, 0.717) is 95.4 Å². The smallest absolute Gasteiger partial charge is 0.338 e. The van der Waals surface area contributed by atoms with Gasteiger partial charge >= 0.3 is 35.8 Å². The Balaban J connectivity index is 0.000000178. The van der Waals surface area contributed by atoms with E-state index in [9.17, 15) is 69.6 Å². The van der Waals surface area contributed by atoms with Gasteiger partial charge in [-0.05, 0) is 235 Å². The number of carbonyl (C=O) groups is 6. The van der Waals surface area contributed by atoms with Gasteiger partial charge in [0.05, 0.1) is 5.39 Å². The maximum atomic E-state index is 11.5. The maximum absolute atomic E-state index is 11.5. The Morgan fingerprint density at radius 3 is 1.15 bits per heavy atom. The molecule has 0 heterocycles. The topological polar surface area (TPSA) is 340 Å². The van der Waals surface area contributed by atoms with Crippen molar-refractivity contribution in [3.63, 3.8) is 0 Å². The Labute approximate surface area is 720 Å². The first-order valence-corrected chi connectivity index (χ1v) is 38.1. The Bertz CT molecular complexity index is 6680. The average Bonchev–Trinajstić information content (AvgIpc) is 0.798. The Morgan fingerprint density at radius 2 is 0.616 bits per heavy atom. The molecule has 0 amide bonds. The van der Waals surface area contributed by atoms with Crippen molar-refractivity contribution < 1.29 is 103 Å². The molecule has 0 aliphatic rings. The third kappa shape index (κ3) is 27.0. The number of carbonyl (C=O) groups excluding carboxylic acids is 6. The van der Waals surface area contributed by atoms with E-state index in [0.717, 1.165) is 65.0 Å². The van der Waals surface area contributed by atoms with Crippen LogP contribution in [0.2, 0.25) is 0 Å². The third-order valence-electron chi connectivity index (χ3n) is 17.6. The lowest BCUT2D eigenvalue weighted by Gasteiger charge is -2.09. The predicted octanol–water partition coefficient (Wildman–Crippen LogP) is 23.1. The lowest BCUT2D eigenvalue weighted by molar-refractivity contribution is -0.130. The van der Waals surface area contributed by atoms with Gasteiger partial charge in [0.2, 0.25) is 0 Å². The predicted molar refractivity (Wildman–Crippen MR) is 492 cm³/mol. The number of esters is 6. The molecule has 15 rings (SSSR count). The van der Waals surface area contributed by atoms with E-state index in [-0.39, 0.29) is 45.8 Å². The lowest BCUT2D eigenvalue weighted by Crippen LogP contribution is -2.08. The van der Waals surface area contributed by atoms with Gasteiger partial charge in [-0.25, -0.2) is 28.8 Å². The van der Waals surface area contributed by atoms with E-state index < -0.39 is 35.8 Å². The molecule has 9 N–H and O–H groups in total. The summed E-state index contributed by atoms with van der Waals surface area (Å²) in [6.45, 7) is 37.9. The second-order valence-corrected chi connectivity index (χ2v) is 27.9. The Hall–Kier alpha value is -16.9. The quantitative estimate of drug-likeness (QED) is 0.0211. The highest BCUT2D eigenvalue weighted by molar-refractivity contribution is 6.01. The highest BCUT2D eigenvalue weighted by atomic mass is 16.6. The number of ether oxygens (including phenoxy) is 6. The number of hydrogen-bond donors (Lipinski definition) is 9. The van der Waals surface area contributed by atoms with Crippen LogP contribution >= 0.6 is 0 Å². The molecular weight excluding hydrogens is 1590 g/mol. The van der Waals surface area contributed by atoms with Gasteiger partial charge in [0, 0.05) is 61.0 Å². The summed E-state index contributed by atoms with van der Waals surface area (Å²) in [5.74, 6) is 0.262. The van der Waals surface area contributed by atoms with E-state index >= 15 is 0 Å². The van der Waals surface area contributed by atoms with E-state index in [1.54, 1.807) is 224 Å². The van der Waals surface area contributed by atoms with Crippen LogP contribution in [0.25, 0.3) is 87.6 Å². The summed E-state index contributed by atoms with van der Waals surface area (Å²) < 4.78 is 30.5. The first kappa shape index (κ1) is 93.6. The fourth-order valence-electron chi connectivity index (χ4n) is 11.2. The molecule has 125 heavy (non-hydrogen) atoms. The number of hydrogen-bond acceptors (Lipinski definition) is 21. The highest BCUT2D eigenvalue weighted by Crippen LogP contribution is 2.39. The fraction of sp³-hybridized carbons (Fsp3) is 0.0577. The molecule has 0 aliphatic carbocycles. The van der Waals surface area contributed by atoms with Gasteiger partial charge in [-0.15, -0.1) is 0 Å². The molecule has 0 aliphatic heterocycles. The SMILES string of the molecule is C=C(C)C(=O)Oc1ccc2cc(O)ccc2c1.C=C(C)C(=O)Oc1ccc2ccc(O)cc2c1.C=C(C)C(=O)Oc1ccc2cccc(O)c2c1.C=C(C)C(=O)Oc1cccc(O)c1.C=C(C)C(=O)Oc1cccc2c(O)c(O)ccc12.C=C(C)C(=O)Oc1cccc2cccc(O)c12.C=Cc1ccc2cc(O)ccc2c1.C=Cc1cccc2c(O)cccc12. The number of fused-ring (bicyclic) bond motifs is 7. The van der Waals surface area contributed by atoms with Gasteiger partial charge in [0.15, 0.2) is 11.5 Å². The Morgan fingerprint density at radius 1 is 0.248 bits per heavy atom. The van der Waals surface area contributed by atoms with Crippen LogP contribution in [0, 0.1) is 0 Å². The normalized spacial score (nSPS) is 10.1. The zero-order valence-corrected chi connectivity index (χ0v) is 69.2. The minimum atomic E-state index is -0.532. The minimum Gasteiger partial charge on any atom is -0.508 e. The van der Waals surface area contributed by atoms with Crippen molar-refractivity contribution in [3.05, 3.63) is 370 Å². The molecule has 21 nitrogen and oxygen atoms in total. The molecule has 0 spiro atoms. The summed E-state index contributed by atoms with van der Waals surface area (Å²) in [7, 11) is 0. The first-order valence-electron chi connectivity index (χ1n) is 38.1. The van der Waals surface area contributed by atoms with E-state index in [4.69, 9.17) is 33.5 Å². The van der Waals surface area contributed by atoms with Crippen LogP contribution in [0.5, 0.6) is 86.2 Å². The summed E-state index contributed by atoms with van der Waals surface area (Å²) in [5.41, 5.74) is 4.11. The fourth-order valence-corrected chi connectivity index (χ4v) is 11.2. The molecule has 15 aromatic carbocycles. The summed E-state index contributed by atoms with van der Waals surface area (Å²) in [4.78, 5) is 68.0. The monoisotopic (exact) mass is 1670 g/mol. The molecule has 0 radical (unpaired) electrons. The minimum absolute atomic E-state index is 0.0621. The largest absolute Gasteiger partial charge is 0.508 e. The van der Waals surface area contributed by atoms with Crippen LogP contribution in [0.1, 0.15) is 52.7 Å². The van der Waals surface area contributed by atoms with Crippen molar-refractivity contribution in [1.29, 1.82) is 0 Å². The number of benzene rings is 15. The lowest BCUT2D eigenvalue weighted by atomic mass is 10.0. The molecule has 0 bridgehead atoms. The van der Waals surface area contributed by atoms with Crippen LogP contribution in [-0.2, 0) is 28.8 Å². The molecule has 0 saturated heterocycles. The van der Waals surface area contributed by atoms with Crippen molar-refractivity contribution in [3.8, 4) is 86.2 Å². The maximum Gasteiger partial charge on any atom is 0.338 e. The van der Waals surface area contributed by atoms with E-state index in [1.807, 2.05) is 84.9 Å². The van der Waals surface area contributed by atoms with E-state index in [1.165, 1.54) is 18.2 Å². The average molecular weight is 1680 g/mol. The molecule has 632 valence electrons. The number of phenols is 9. The summed E-state index contributed by atoms with van der Waals surface area (Å²) in [6, 6.07) is 77.7. The second-order valence-electron chi connectivity index (χ2n) is 27.9. The van der Waals surface area contributed by atoms with Crippen molar-refractivity contribution in [2.75, 3.05) is 0 Å². The van der Waals surface area contributed by atoms with Crippen molar-refractivity contribution in [2.45, 2.75) is 41.5 Å². The molecular formula is C104H90O21. The van der Waals surface area contributed by atoms with Gasteiger partial charge in [-0.2, -0.15) is 0 Å². The Kier molecular flexibility index (Phi) is 33.1.